The molecule has 1 heterocycles. The average Bonchev–Trinajstić information content (AvgIpc) is 2.86. The minimum Gasteiger partial charge on any atom is -0.454 e. The van der Waals surface area contributed by atoms with Gasteiger partial charge in [0.05, 0.1) is 6.61 Å². The molecular formula is C14H16O5. The van der Waals surface area contributed by atoms with E-state index in [9.17, 15) is 4.79 Å². The summed E-state index contributed by atoms with van der Waals surface area (Å²) < 4.78 is 20.9. The molecule has 19 heavy (non-hydrogen) atoms. The van der Waals surface area contributed by atoms with Crippen molar-refractivity contribution >= 4 is 5.97 Å². The Labute approximate surface area is 111 Å². The van der Waals surface area contributed by atoms with Crippen LogP contribution in [0.1, 0.15) is 13.3 Å². The van der Waals surface area contributed by atoms with Crippen molar-refractivity contribution in [3.63, 3.8) is 0 Å². The lowest BCUT2D eigenvalue weighted by Crippen LogP contribution is -2.26. The van der Waals surface area contributed by atoms with Crippen molar-refractivity contribution in [2.24, 2.45) is 0 Å². The van der Waals surface area contributed by atoms with Crippen molar-refractivity contribution in [1.82, 2.24) is 0 Å². The fraction of sp³-hybridized carbons (Fsp3) is 0.357. The van der Waals surface area contributed by atoms with Gasteiger partial charge in [0.2, 0.25) is 6.79 Å². The van der Waals surface area contributed by atoms with Gasteiger partial charge < -0.3 is 18.9 Å². The number of hydrogen-bond donors (Lipinski definition) is 0. The molecule has 0 saturated carbocycles. The molecule has 0 aliphatic carbocycles. The van der Waals surface area contributed by atoms with E-state index in [0.717, 1.165) is 0 Å². The summed E-state index contributed by atoms with van der Waals surface area (Å²) in [7, 11) is 0. The van der Waals surface area contributed by atoms with E-state index >= 15 is 0 Å². The molecule has 5 nitrogen and oxygen atoms in total. The van der Waals surface area contributed by atoms with Gasteiger partial charge in [-0.3, -0.25) is 0 Å². The number of carbonyl (C=O) groups is 1. The molecule has 1 aromatic rings. The molecular weight excluding hydrogens is 248 g/mol. The molecule has 0 spiro atoms. The predicted octanol–water partition coefficient (Wildman–Crippen LogP) is 2.30. The first-order valence-electron chi connectivity index (χ1n) is 6.04. The molecule has 5 heteroatoms. The molecule has 0 N–H and O–H groups in total. The van der Waals surface area contributed by atoms with Crippen LogP contribution in [0.3, 0.4) is 0 Å². The average molecular weight is 264 g/mol. The van der Waals surface area contributed by atoms with E-state index in [-0.39, 0.29) is 6.79 Å². The molecule has 1 aliphatic heterocycles. The van der Waals surface area contributed by atoms with E-state index in [1.54, 1.807) is 31.2 Å². The van der Waals surface area contributed by atoms with Crippen LogP contribution in [-0.4, -0.2) is 25.5 Å². The fourth-order valence-corrected chi connectivity index (χ4v) is 1.54. The van der Waals surface area contributed by atoms with Crippen LogP contribution in [0.25, 0.3) is 0 Å². The number of esters is 1. The van der Waals surface area contributed by atoms with Gasteiger partial charge in [-0.1, -0.05) is 6.08 Å². The van der Waals surface area contributed by atoms with Gasteiger partial charge in [-0.25, -0.2) is 4.79 Å². The molecule has 102 valence electrons. The summed E-state index contributed by atoms with van der Waals surface area (Å²) in [4.78, 5) is 11.8. The van der Waals surface area contributed by atoms with E-state index in [1.165, 1.54) is 0 Å². The van der Waals surface area contributed by atoms with Crippen LogP contribution in [0.5, 0.6) is 17.2 Å². The number of rotatable bonds is 6. The first kappa shape index (κ1) is 13.4. The summed E-state index contributed by atoms with van der Waals surface area (Å²) in [6.45, 7) is 5.87. The van der Waals surface area contributed by atoms with Crippen LogP contribution in [-0.2, 0) is 9.53 Å². The van der Waals surface area contributed by atoms with Crippen LogP contribution >= 0.6 is 0 Å². The van der Waals surface area contributed by atoms with E-state index < -0.39 is 12.1 Å². The lowest BCUT2D eigenvalue weighted by Gasteiger charge is -2.12. The second kappa shape index (κ2) is 6.24. The van der Waals surface area contributed by atoms with Gasteiger partial charge in [0.1, 0.15) is 5.75 Å². The zero-order valence-corrected chi connectivity index (χ0v) is 10.8. The SMILES string of the molecule is C=CCCOC(C)C(=O)Oc1ccc2c(c1)OCO2. The van der Waals surface area contributed by atoms with Crippen LogP contribution < -0.4 is 14.2 Å². The summed E-state index contributed by atoms with van der Waals surface area (Å²) >= 11 is 0. The fourth-order valence-electron chi connectivity index (χ4n) is 1.54. The molecule has 0 saturated heterocycles. The zero-order chi connectivity index (χ0) is 13.7. The van der Waals surface area contributed by atoms with Gasteiger partial charge in [0.15, 0.2) is 17.6 Å². The van der Waals surface area contributed by atoms with Crippen molar-refractivity contribution in [3.05, 3.63) is 30.9 Å². The summed E-state index contributed by atoms with van der Waals surface area (Å²) in [5.74, 6) is 1.19. The molecule has 0 aromatic heterocycles. The highest BCUT2D eigenvalue weighted by atomic mass is 16.7. The van der Waals surface area contributed by atoms with E-state index in [4.69, 9.17) is 18.9 Å². The maximum absolute atomic E-state index is 11.8. The topological polar surface area (TPSA) is 54.0 Å². The van der Waals surface area contributed by atoms with Gasteiger partial charge in [-0.15, -0.1) is 6.58 Å². The second-order valence-corrected chi connectivity index (χ2v) is 4.03. The van der Waals surface area contributed by atoms with E-state index in [1.807, 2.05) is 0 Å². The Morgan fingerprint density at radius 1 is 1.47 bits per heavy atom. The van der Waals surface area contributed by atoms with Crippen molar-refractivity contribution in [3.8, 4) is 17.2 Å². The Morgan fingerprint density at radius 3 is 3.05 bits per heavy atom. The minimum atomic E-state index is -0.620. The molecule has 1 aliphatic rings. The second-order valence-electron chi connectivity index (χ2n) is 4.03. The molecule has 1 unspecified atom stereocenters. The lowest BCUT2D eigenvalue weighted by atomic mass is 10.3. The molecule has 0 bridgehead atoms. The Hall–Kier alpha value is -2.01. The van der Waals surface area contributed by atoms with Crippen LogP contribution in [0, 0.1) is 0 Å². The zero-order valence-electron chi connectivity index (χ0n) is 10.8. The predicted molar refractivity (Wildman–Crippen MR) is 68.4 cm³/mol. The van der Waals surface area contributed by atoms with Crippen LogP contribution in [0.2, 0.25) is 0 Å². The number of hydrogen-bond acceptors (Lipinski definition) is 5. The highest BCUT2D eigenvalue weighted by Crippen LogP contribution is 2.35. The summed E-state index contributed by atoms with van der Waals surface area (Å²) in [5.41, 5.74) is 0. The van der Waals surface area contributed by atoms with E-state index in [0.29, 0.717) is 30.3 Å². The minimum absolute atomic E-state index is 0.188. The van der Waals surface area contributed by atoms with Crippen LogP contribution in [0.15, 0.2) is 30.9 Å². The van der Waals surface area contributed by atoms with Gasteiger partial charge in [-0.2, -0.15) is 0 Å². The number of benzene rings is 1. The number of fused-ring (bicyclic) bond motifs is 1. The largest absolute Gasteiger partial charge is 0.454 e. The van der Waals surface area contributed by atoms with Crippen LogP contribution in [0.4, 0.5) is 0 Å². The summed E-state index contributed by atoms with van der Waals surface area (Å²) in [5, 5.41) is 0. The monoisotopic (exact) mass is 264 g/mol. The first-order chi connectivity index (χ1) is 9.20. The number of ether oxygens (including phenoxy) is 4. The van der Waals surface area contributed by atoms with Gasteiger partial charge in [-0.05, 0) is 25.5 Å². The van der Waals surface area contributed by atoms with Gasteiger partial charge in [0, 0.05) is 6.07 Å². The van der Waals surface area contributed by atoms with Crippen molar-refractivity contribution in [2.75, 3.05) is 13.4 Å². The van der Waals surface area contributed by atoms with Gasteiger partial charge >= 0.3 is 5.97 Å². The maximum Gasteiger partial charge on any atom is 0.340 e. The maximum atomic E-state index is 11.8. The third-order valence-corrected chi connectivity index (χ3v) is 2.58. The van der Waals surface area contributed by atoms with Gasteiger partial charge in [0.25, 0.3) is 0 Å². The van der Waals surface area contributed by atoms with Crippen molar-refractivity contribution < 1.29 is 23.7 Å². The Kier molecular flexibility index (Phi) is 4.41. The highest BCUT2D eigenvalue weighted by molar-refractivity contribution is 5.77. The standard InChI is InChI=1S/C14H16O5/c1-3-4-7-16-10(2)14(15)19-11-5-6-12-13(8-11)18-9-17-12/h3,5-6,8,10H,1,4,7,9H2,2H3. The molecule has 1 aromatic carbocycles. The Bertz CT molecular complexity index is 469. The highest BCUT2D eigenvalue weighted by Gasteiger charge is 2.18. The van der Waals surface area contributed by atoms with Crippen molar-refractivity contribution in [1.29, 1.82) is 0 Å². The molecule has 1 atom stereocenters. The third-order valence-electron chi connectivity index (χ3n) is 2.58. The smallest absolute Gasteiger partial charge is 0.340 e. The third kappa shape index (κ3) is 3.48. The van der Waals surface area contributed by atoms with Crippen molar-refractivity contribution in [2.45, 2.75) is 19.4 Å². The molecule has 0 fully saturated rings. The Balaban J connectivity index is 1.89. The number of carbonyl (C=O) groups excluding carboxylic acids is 1. The van der Waals surface area contributed by atoms with E-state index in [2.05, 4.69) is 6.58 Å². The molecule has 2 rings (SSSR count). The molecule has 0 amide bonds. The first-order valence-corrected chi connectivity index (χ1v) is 6.04. The summed E-state index contributed by atoms with van der Waals surface area (Å²) in [6.07, 6.45) is 1.81. The normalized spacial score (nSPS) is 13.9. The quantitative estimate of drug-likeness (QED) is 0.341. The summed E-state index contributed by atoms with van der Waals surface area (Å²) in [6, 6.07) is 4.98. The Morgan fingerprint density at radius 2 is 2.26 bits per heavy atom. The molecule has 0 radical (unpaired) electrons. The lowest BCUT2D eigenvalue weighted by molar-refractivity contribution is -0.146.